The maximum absolute atomic E-state index is 13.4. The smallest absolute Gasteiger partial charge is 0.354 e. The number of carboxylic acids is 1. The van der Waals surface area contributed by atoms with E-state index in [-0.39, 0.29) is 39.4 Å². The number of para-hydroxylation sites is 1. The number of nitro groups is 1. The largest absolute Gasteiger partial charge is 0.477 e. The summed E-state index contributed by atoms with van der Waals surface area (Å²) < 4.78 is 2.18. The molecule has 0 bridgehead atoms. The van der Waals surface area contributed by atoms with E-state index in [1.165, 1.54) is 34.9 Å². The summed E-state index contributed by atoms with van der Waals surface area (Å²) >= 11 is 6.20. The molecule has 2 aromatic heterocycles. The van der Waals surface area contributed by atoms with Crippen molar-refractivity contribution in [2.24, 2.45) is 0 Å². The lowest BCUT2D eigenvalue weighted by Gasteiger charge is -2.10. The van der Waals surface area contributed by atoms with Crippen LogP contribution >= 0.6 is 11.6 Å². The van der Waals surface area contributed by atoms with Crippen LogP contribution in [0.3, 0.4) is 0 Å². The number of nitro benzene ring substituents is 1. The normalized spacial score (nSPS) is 11.2. The average molecular weight is 491 g/mol. The molecule has 2 heterocycles. The zero-order valence-electron chi connectivity index (χ0n) is 17.8. The molecule has 5 aromatic rings. The van der Waals surface area contributed by atoms with Crippen LogP contribution in [-0.4, -0.2) is 30.1 Å². The van der Waals surface area contributed by atoms with Crippen molar-refractivity contribution in [1.29, 1.82) is 0 Å². The van der Waals surface area contributed by atoms with Crippen LogP contribution in [-0.2, 0) is 6.54 Å². The molecule has 0 aliphatic rings. The molecule has 0 aliphatic heterocycles. The Kier molecular flexibility index (Phi) is 5.22. The van der Waals surface area contributed by atoms with Gasteiger partial charge in [-0.05, 0) is 35.9 Å². The van der Waals surface area contributed by atoms with Crippen LogP contribution in [0.25, 0.3) is 27.5 Å². The van der Waals surface area contributed by atoms with Crippen molar-refractivity contribution < 1.29 is 14.8 Å². The first kappa shape index (κ1) is 22.1. The van der Waals surface area contributed by atoms with E-state index in [1.807, 2.05) is 0 Å². The number of rotatable bonds is 5. The number of halogens is 1. The summed E-state index contributed by atoms with van der Waals surface area (Å²) in [5.74, 6) is -1.39. The number of carboxylic acid groups (broad SMARTS) is 1. The number of hydrogen-bond donors (Lipinski definition) is 2. The molecule has 0 spiro atoms. The van der Waals surface area contributed by atoms with Gasteiger partial charge in [-0.25, -0.2) is 14.2 Å². The Morgan fingerprint density at radius 1 is 1.03 bits per heavy atom. The molecule has 5 rings (SSSR count). The van der Waals surface area contributed by atoms with E-state index in [0.29, 0.717) is 16.6 Å². The van der Waals surface area contributed by atoms with Gasteiger partial charge >= 0.3 is 11.7 Å². The Morgan fingerprint density at radius 2 is 1.80 bits per heavy atom. The quantitative estimate of drug-likeness (QED) is 0.282. The Balaban J connectivity index is 1.87. The highest BCUT2D eigenvalue weighted by molar-refractivity contribution is 6.31. The molecule has 10 nitrogen and oxygen atoms in total. The number of benzene rings is 3. The summed E-state index contributed by atoms with van der Waals surface area (Å²) in [6.45, 7) is -0.0678. The van der Waals surface area contributed by atoms with Crippen LogP contribution < -0.4 is 11.2 Å². The number of aromatic nitrogens is 3. The minimum absolute atomic E-state index is 0.0678. The number of H-pyrrole nitrogens is 1. The second-order valence-corrected chi connectivity index (χ2v) is 8.23. The highest BCUT2D eigenvalue weighted by atomic mass is 35.5. The van der Waals surface area contributed by atoms with Crippen molar-refractivity contribution in [3.8, 4) is 5.69 Å². The summed E-state index contributed by atoms with van der Waals surface area (Å²) in [4.78, 5) is 52.2. The fourth-order valence-electron chi connectivity index (χ4n) is 4.23. The monoisotopic (exact) mass is 490 g/mol. The SMILES string of the molecule is O=C(O)c1c(-n2c(=O)[nH]c3ccccc3c2=O)c2cc(Cl)ccc2n1Cc1cccc([N+](=O)[O-])c1. The number of aromatic amines is 1. The summed E-state index contributed by atoms with van der Waals surface area (Å²) in [6.07, 6.45) is 0. The van der Waals surface area contributed by atoms with E-state index < -0.39 is 22.1 Å². The summed E-state index contributed by atoms with van der Waals surface area (Å²) in [5, 5.41) is 22.2. The van der Waals surface area contributed by atoms with Gasteiger partial charge in [0.2, 0.25) is 0 Å². The van der Waals surface area contributed by atoms with E-state index in [0.717, 1.165) is 4.57 Å². The second kappa shape index (κ2) is 8.26. The van der Waals surface area contributed by atoms with E-state index >= 15 is 0 Å². The first-order chi connectivity index (χ1) is 16.8. The highest BCUT2D eigenvalue weighted by Gasteiger charge is 2.27. The summed E-state index contributed by atoms with van der Waals surface area (Å²) in [7, 11) is 0. The molecule has 11 heteroatoms. The van der Waals surface area contributed by atoms with Crippen molar-refractivity contribution in [2.75, 3.05) is 0 Å². The molecular weight excluding hydrogens is 476 g/mol. The molecule has 0 atom stereocenters. The van der Waals surface area contributed by atoms with Crippen LogP contribution in [0.15, 0.2) is 76.3 Å². The molecule has 0 unspecified atom stereocenters. The molecule has 3 aromatic carbocycles. The fraction of sp³-hybridized carbons (Fsp3) is 0.0417. The van der Waals surface area contributed by atoms with E-state index in [2.05, 4.69) is 4.98 Å². The number of hydrogen-bond acceptors (Lipinski definition) is 5. The molecule has 35 heavy (non-hydrogen) atoms. The van der Waals surface area contributed by atoms with Crippen molar-refractivity contribution in [3.05, 3.63) is 114 Å². The second-order valence-electron chi connectivity index (χ2n) is 7.79. The van der Waals surface area contributed by atoms with Crippen LogP contribution in [0.2, 0.25) is 5.02 Å². The van der Waals surface area contributed by atoms with Crippen LogP contribution in [0.4, 0.5) is 5.69 Å². The predicted octanol–water partition coefficient (Wildman–Crippen LogP) is 3.94. The van der Waals surface area contributed by atoms with Gasteiger partial charge in [0, 0.05) is 29.1 Å². The van der Waals surface area contributed by atoms with Gasteiger partial charge in [0.25, 0.3) is 11.2 Å². The fourth-order valence-corrected chi connectivity index (χ4v) is 4.41. The first-order valence-corrected chi connectivity index (χ1v) is 10.7. The lowest BCUT2D eigenvalue weighted by atomic mass is 10.2. The van der Waals surface area contributed by atoms with Gasteiger partial charge < -0.3 is 14.7 Å². The van der Waals surface area contributed by atoms with Crippen molar-refractivity contribution in [3.63, 3.8) is 0 Å². The number of aromatic carboxylic acids is 1. The molecule has 0 fully saturated rings. The first-order valence-electron chi connectivity index (χ1n) is 10.3. The lowest BCUT2D eigenvalue weighted by Crippen LogP contribution is -2.34. The van der Waals surface area contributed by atoms with Crippen LogP contribution in [0, 0.1) is 10.1 Å². The maximum Gasteiger partial charge on any atom is 0.354 e. The number of non-ortho nitro benzene ring substituents is 1. The number of nitrogens with one attached hydrogen (secondary N) is 1. The van der Waals surface area contributed by atoms with Gasteiger partial charge in [0.1, 0.15) is 0 Å². The van der Waals surface area contributed by atoms with Crippen molar-refractivity contribution in [2.45, 2.75) is 6.54 Å². The van der Waals surface area contributed by atoms with Crippen LogP contribution in [0.5, 0.6) is 0 Å². The third-order valence-corrected chi connectivity index (χ3v) is 5.93. The number of carbonyl (C=O) groups is 1. The molecule has 0 saturated carbocycles. The van der Waals surface area contributed by atoms with Gasteiger partial charge in [-0.2, -0.15) is 0 Å². The van der Waals surface area contributed by atoms with Gasteiger partial charge in [-0.15, -0.1) is 0 Å². The van der Waals surface area contributed by atoms with Crippen molar-refractivity contribution >= 4 is 45.1 Å². The Morgan fingerprint density at radius 3 is 2.54 bits per heavy atom. The van der Waals surface area contributed by atoms with Crippen molar-refractivity contribution in [1.82, 2.24) is 14.1 Å². The number of fused-ring (bicyclic) bond motifs is 2. The summed E-state index contributed by atoms with van der Waals surface area (Å²) in [6, 6.07) is 16.8. The third-order valence-electron chi connectivity index (χ3n) is 5.69. The zero-order chi connectivity index (χ0) is 24.9. The Hall–Kier alpha value is -4.70. The Bertz CT molecular complexity index is 1800. The molecule has 174 valence electrons. The third kappa shape index (κ3) is 3.65. The van der Waals surface area contributed by atoms with Gasteiger partial charge in [-0.1, -0.05) is 35.9 Å². The molecular formula is C24H15ClN4O6. The maximum atomic E-state index is 13.4. The van der Waals surface area contributed by atoms with E-state index in [4.69, 9.17) is 11.6 Å². The minimum Gasteiger partial charge on any atom is -0.477 e. The molecule has 0 aliphatic carbocycles. The van der Waals surface area contributed by atoms with E-state index in [1.54, 1.807) is 36.4 Å². The topological polar surface area (TPSA) is 140 Å². The highest BCUT2D eigenvalue weighted by Crippen LogP contribution is 2.32. The lowest BCUT2D eigenvalue weighted by molar-refractivity contribution is -0.384. The average Bonchev–Trinajstić information content (AvgIpc) is 3.12. The standard InChI is InChI=1S/C24H15ClN4O6/c25-14-8-9-19-17(11-14)20(28-22(30)16-6-1-2-7-18(16)26-24(28)33)21(23(31)32)27(19)12-13-4-3-5-15(10-13)29(34)35/h1-11H,12H2,(H,26,33)(H,31,32). The van der Waals surface area contributed by atoms with Gasteiger partial charge in [-0.3, -0.25) is 14.9 Å². The number of nitrogens with zero attached hydrogens (tertiary/aromatic N) is 3. The minimum atomic E-state index is -1.39. The molecule has 0 saturated heterocycles. The Labute approximate surface area is 200 Å². The van der Waals surface area contributed by atoms with Crippen LogP contribution in [0.1, 0.15) is 16.1 Å². The van der Waals surface area contributed by atoms with Gasteiger partial charge in [0.05, 0.1) is 27.0 Å². The zero-order valence-corrected chi connectivity index (χ0v) is 18.5. The molecule has 2 N–H and O–H groups in total. The van der Waals surface area contributed by atoms with Gasteiger partial charge in [0.15, 0.2) is 5.69 Å². The molecule has 0 amide bonds. The predicted molar refractivity (Wildman–Crippen MR) is 130 cm³/mol. The summed E-state index contributed by atoms with van der Waals surface area (Å²) in [5.41, 5.74) is -0.983. The molecule has 0 radical (unpaired) electrons. The van der Waals surface area contributed by atoms with E-state index in [9.17, 15) is 29.6 Å².